The largest absolute Gasteiger partial charge is 0.383 e. The van der Waals surface area contributed by atoms with E-state index in [4.69, 9.17) is 4.74 Å². The van der Waals surface area contributed by atoms with E-state index in [0.29, 0.717) is 13.0 Å². The summed E-state index contributed by atoms with van der Waals surface area (Å²) in [6.07, 6.45) is 0.770. The summed E-state index contributed by atoms with van der Waals surface area (Å²) in [4.78, 5) is 2.17. The van der Waals surface area contributed by atoms with Crippen LogP contribution in [0.15, 0.2) is 0 Å². The van der Waals surface area contributed by atoms with Crippen LogP contribution in [0.3, 0.4) is 0 Å². The molecule has 0 radical (unpaired) electrons. The summed E-state index contributed by atoms with van der Waals surface area (Å²) in [5, 5.41) is 3.26. The van der Waals surface area contributed by atoms with Crippen molar-refractivity contribution in [2.75, 3.05) is 46.9 Å². The molecule has 0 aromatic heterocycles. The van der Waals surface area contributed by atoms with Gasteiger partial charge in [-0.15, -0.1) is 0 Å². The molecule has 1 aliphatic carbocycles. The molecule has 0 bridgehead atoms. The molecular weight excluding hydrogens is 226 g/mol. The molecule has 0 aromatic rings. The smallest absolute Gasteiger partial charge is 0.248 e. The maximum absolute atomic E-state index is 12.9. The number of ether oxygens (including phenoxy) is 1. The highest BCUT2D eigenvalue weighted by Gasteiger charge is 2.38. The molecule has 1 N–H and O–H groups in total. The van der Waals surface area contributed by atoms with Gasteiger partial charge < -0.3 is 15.0 Å². The van der Waals surface area contributed by atoms with Crippen molar-refractivity contribution in [1.29, 1.82) is 0 Å². The molecule has 1 unspecified atom stereocenters. The maximum atomic E-state index is 12.9. The van der Waals surface area contributed by atoms with E-state index in [-0.39, 0.29) is 18.8 Å². The molecule has 3 nitrogen and oxygen atoms in total. The normalized spacial score (nSPS) is 23.5. The summed E-state index contributed by atoms with van der Waals surface area (Å²) >= 11 is 0. The van der Waals surface area contributed by atoms with Crippen molar-refractivity contribution in [2.24, 2.45) is 5.92 Å². The molecule has 102 valence electrons. The van der Waals surface area contributed by atoms with E-state index in [1.54, 1.807) is 7.11 Å². The summed E-state index contributed by atoms with van der Waals surface area (Å²) in [5.74, 6) is -2.27. The van der Waals surface area contributed by atoms with E-state index in [0.717, 1.165) is 26.2 Å². The molecule has 0 saturated heterocycles. The molecule has 17 heavy (non-hydrogen) atoms. The van der Waals surface area contributed by atoms with E-state index < -0.39 is 5.92 Å². The molecule has 1 fully saturated rings. The third-order valence-electron chi connectivity index (χ3n) is 3.29. The molecule has 0 aromatic carbocycles. The van der Waals surface area contributed by atoms with E-state index in [1.807, 2.05) is 7.05 Å². The maximum Gasteiger partial charge on any atom is 0.248 e. The second-order valence-corrected chi connectivity index (χ2v) is 4.96. The predicted molar refractivity (Wildman–Crippen MR) is 64.5 cm³/mol. The van der Waals surface area contributed by atoms with E-state index in [9.17, 15) is 8.78 Å². The minimum absolute atomic E-state index is 0.0551. The van der Waals surface area contributed by atoms with E-state index in [2.05, 4.69) is 10.2 Å². The minimum Gasteiger partial charge on any atom is -0.383 e. The zero-order chi connectivity index (χ0) is 12.7. The van der Waals surface area contributed by atoms with Crippen molar-refractivity contribution in [2.45, 2.75) is 25.2 Å². The van der Waals surface area contributed by atoms with Crippen LogP contribution in [0.25, 0.3) is 0 Å². The Hall–Kier alpha value is -0.260. The highest BCUT2D eigenvalue weighted by Crippen LogP contribution is 2.38. The standard InChI is InChI=1S/C12H24F2N2O/c1-16(7-8-17-2)6-5-15-10-11-3-4-12(13,14)9-11/h11,15H,3-10H2,1-2H3. The van der Waals surface area contributed by atoms with Gasteiger partial charge in [0.15, 0.2) is 0 Å². The summed E-state index contributed by atoms with van der Waals surface area (Å²) in [5.41, 5.74) is 0. The van der Waals surface area contributed by atoms with Gasteiger partial charge in [-0.1, -0.05) is 0 Å². The molecule has 0 heterocycles. The van der Waals surface area contributed by atoms with Crippen molar-refractivity contribution in [1.82, 2.24) is 10.2 Å². The number of nitrogens with one attached hydrogen (secondary N) is 1. The lowest BCUT2D eigenvalue weighted by atomic mass is 10.1. The fourth-order valence-corrected chi connectivity index (χ4v) is 2.15. The zero-order valence-corrected chi connectivity index (χ0v) is 10.8. The summed E-state index contributed by atoms with van der Waals surface area (Å²) in [6.45, 7) is 4.12. The monoisotopic (exact) mass is 250 g/mol. The SMILES string of the molecule is COCCN(C)CCNCC1CCC(F)(F)C1. The highest BCUT2D eigenvalue weighted by molar-refractivity contribution is 4.82. The number of alkyl halides is 2. The van der Waals surface area contributed by atoms with Crippen LogP contribution in [0.1, 0.15) is 19.3 Å². The van der Waals surface area contributed by atoms with Crippen molar-refractivity contribution in [3.8, 4) is 0 Å². The van der Waals surface area contributed by atoms with Crippen molar-refractivity contribution >= 4 is 0 Å². The molecule has 0 aliphatic heterocycles. The van der Waals surface area contributed by atoms with Crippen LogP contribution in [0.4, 0.5) is 8.78 Å². The average Bonchev–Trinajstić information content (AvgIpc) is 2.61. The number of methoxy groups -OCH3 is 1. The van der Waals surface area contributed by atoms with Crippen molar-refractivity contribution in [3.63, 3.8) is 0 Å². The van der Waals surface area contributed by atoms with Crippen molar-refractivity contribution in [3.05, 3.63) is 0 Å². The average molecular weight is 250 g/mol. The number of likely N-dealkylation sites (N-methyl/N-ethyl adjacent to an activating group) is 1. The van der Waals surface area contributed by atoms with Gasteiger partial charge in [-0.3, -0.25) is 0 Å². The van der Waals surface area contributed by atoms with Crippen LogP contribution < -0.4 is 5.32 Å². The van der Waals surface area contributed by atoms with E-state index in [1.165, 1.54) is 0 Å². The molecule has 1 atom stereocenters. The Balaban J connectivity index is 1.97. The van der Waals surface area contributed by atoms with Gasteiger partial charge in [-0.2, -0.15) is 0 Å². The molecule has 5 heteroatoms. The lowest BCUT2D eigenvalue weighted by molar-refractivity contribution is 0.00507. The van der Waals surface area contributed by atoms with Crippen molar-refractivity contribution < 1.29 is 13.5 Å². The van der Waals surface area contributed by atoms with Crippen LogP contribution in [0.2, 0.25) is 0 Å². The van der Waals surface area contributed by atoms with Gasteiger partial charge in [0.25, 0.3) is 0 Å². The summed E-state index contributed by atoms with van der Waals surface area (Å²) < 4.78 is 30.8. The first-order valence-corrected chi connectivity index (χ1v) is 6.29. The number of nitrogens with zero attached hydrogens (tertiary/aromatic N) is 1. The fraction of sp³-hybridized carbons (Fsp3) is 1.00. The molecule has 1 aliphatic rings. The first-order chi connectivity index (χ1) is 8.03. The van der Waals surface area contributed by atoms with Crippen LogP contribution in [0.5, 0.6) is 0 Å². The summed E-state index contributed by atoms with van der Waals surface area (Å²) in [7, 11) is 3.72. The van der Waals surface area contributed by atoms with Crippen LogP contribution in [-0.4, -0.2) is 57.8 Å². The molecule has 1 rings (SSSR count). The Labute approximate surface area is 103 Å². The molecule has 0 spiro atoms. The second kappa shape index (κ2) is 7.24. The number of rotatable bonds is 8. The molecule has 1 saturated carbocycles. The highest BCUT2D eigenvalue weighted by atomic mass is 19.3. The van der Waals surface area contributed by atoms with Gasteiger partial charge in [0.05, 0.1) is 6.61 Å². The Morgan fingerprint density at radius 2 is 2.18 bits per heavy atom. The zero-order valence-electron chi connectivity index (χ0n) is 10.8. The predicted octanol–water partition coefficient (Wildman–Crippen LogP) is 1.59. The number of hydrogen-bond donors (Lipinski definition) is 1. The van der Waals surface area contributed by atoms with Gasteiger partial charge >= 0.3 is 0 Å². The fourth-order valence-electron chi connectivity index (χ4n) is 2.15. The third-order valence-corrected chi connectivity index (χ3v) is 3.29. The van der Waals surface area contributed by atoms with Gasteiger partial charge in [-0.25, -0.2) is 8.78 Å². The van der Waals surface area contributed by atoms with E-state index >= 15 is 0 Å². The molecule has 0 amide bonds. The van der Waals surface area contributed by atoms with Gasteiger partial charge in [-0.05, 0) is 25.9 Å². The van der Waals surface area contributed by atoms with Gasteiger partial charge in [0.2, 0.25) is 5.92 Å². The second-order valence-electron chi connectivity index (χ2n) is 4.96. The summed E-state index contributed by atoms with van der Waals surface area (Å²) in [6, 6.07) is 0. The Morgan fingerprint density at radius 1 is 1.41 bits per heavy atom. The lowest BCUT2D eigenvalue weighted by Crippen LogP contribution is -2.33. The first kappa shape index (κ1) is 14.8. The Morgan fingerprint density at radius 3 is 2.76 bits per heavy atom. The quantitative estimate of drug-likeness (QED) is 0.662. The minimum atomic E-state index is -2.42. The Kier molecular flexibility index (Phi) is 6.30. The van der Waals surface area contributed by atoms with Crippen LogP contribution in [-0.2, 0) is 4.74 Å². The first-order valence-electron chi connectivity index (χ1n) is 6.29. The topological polar surface area (TPSA) is 24.5 Å². The molecular formula is C12H24F2N2O. The number of halogens is 2. The van der Waals surface area contributed by atoms with Gasteiger partial charge in [0.1, 0.15) is 0 Å². The van der Waals surface area contributed by atoms with Crippen LogP contribution in [0, 0.1) is 5.92 Å². The van der Waals surface area contributed by atoms with Crippen LogP contribution >= 0.6 is 0 Å². The Bertz CT molecular complexity index is 215. The lowest BCUT2D eigenvalue weighted by Gasteiger charge is -2.17. The number of hydrogen-bond acceptors (Lipinski definition) is 3. The van der Waals surface area contributed by atoms with Gasteiger partial charge in [0, 0.05) is 39.6 Å². The third kappa shape index (κ3) is 6.29.